The van der Waals surface area contributed by atoms with Crippen LogP contribution < -0.4 is 5.32 Å². The summed E-state index contributed by atoms with van der Waals surface area (Å²) >= 11 is 0. The first-order valence-electron chi connectivity index (χ1n) is 7.13. The Morgan fingerprint density at radius 1 is 1.32 bits per heavy atom. The fourth-order valence-electron chi connectivity index (χ4n) is 2.83. The zero-order valence-electron chi connectivity index (χ0n) is 11.8. The molecule has 2 aliphatic rings. The highest BCUT2D eigenvalue weighted by molar-refractivity contribution is 5.74. The summed E-state index contributed by atoms with van der Waals surface area (Å²) in [5.74, 6) is 0.101. The number of carbonyl (C=O) groups excluding carboxylic acids is 1. The van der Waals surface area contributed by atoms with Gasteiger partial charge in [0, 0.05) is 26.1 Å². The van der Waals surface area contributed by atoms with Crippen LogP contribution in [0.2, 0.25) is 0 Å². The minimum Gasteiger partial charge on any atom is -0.481 e. The molecular formula is C14H24N2O3. The number of carboxylic acids is 1. The number of urea groups is 1. The second-order valence-electron chi connectivity index (χ2n) is 6.60. The molecule has 1 saturated carbocycles. The molecule has 0 aromatic heterocycles. The molecule has 2 N–H and O–H groups in total. The molecule has 2 rings (SSSR count). The van der Waals surface area contributed by atoms with Crippen LogP contribution in [0, 0.1) is 17.3 Å². The number of amides is 2. The summed E-state index contributed by atoms with van der Waals surface area (Å²) in [6.45, 7) is 6.57. The SMILES string of the molecule is CC1(C)CC1CNC(=O)N1CCC(CC(=O)O)CC1. The van der Waals surface area contributed by atoms with E-state index in [0.717, 1.165) is 19.4 Å². The van der Waals surface area contributed by atoms with Crippen molar-refractivity contribution in [3.05, 3.63) is 0 Å². The maximum atomic E-state index is 12.0. The predicted octanol–water partition coefficient (Wildman–Crippen LogP) is 1.93. The zero-order valence-corrected chi connectivity index (χ0v) is 11.8. The summed E-state index contributed by atoms with van der Waals surface area (Å²) in [4.78, 5) is 24.4. The smallest absolute Gasteiger partial charge is 0.317 e. The average Bonchev–Trinajstić information content (AvgIpc) is 2.94. The quantitative estimate of drug-likeness (QED) is 0.818. The van der Waals surface area contributed by atoms with Gasteiger partial charge in [-0.25, -0.2) is 4.79 Å². The van der Waals surface area contributed by atoms with Crippen molar-refractivity contribution in [2.75, 3.05) is 19.6 Å². The minimum absolute atomic E-state index is 0.0106. The molecule has 1 heterocycles. The number of aliphatic carboxylic acids is 1. The van der Waals surface area contributed by atoms with E-state index in [2.05, 4.69) is 19.2 Å². The Kier molecular flexibility index (Phi) is 4.02. The topological polar surface area (TPSA) is 69.6 Å². The molecule has 2 amide bonds. The van der Waals surface area contributed by atoms with Gasteiger partial charge in [0.25, 0.3) is 0 Å². The van der Waals surface area contributed by atoms with Crippen molar-refractivity contribution in [1.29, 1.82) is 0 Å². The molecule has 19 heavy (non-hydrogen) atoms. The number of nitrogens with zero attached hydrogens (tertiary/aromatic N) is 1. The van der Waals surface area contributed by atoms with Crippen molar-refractivity contribution in [2.45, 2.75) is 39.5 Å². The molecule has 1 atom stereocenters. The fourth-order valence-corrected chi connectivity index (χ4v) is 2.83. The summed E-state index contributed by atoms with van der Waals surface area (Å²) in [7, 11) is 0. The van der Waals surface area contributed by atoms with Crippen molar-refractivity contribution in [2.24, 2.45) is 17.3 Å². The van der Waals surface area contributed by atoms with Gasteiger partial charge < -0.3 is 15.3 Å². The van der Waals surface area contributed by atoms with E-state index in [1.807, 2.05) is 4.90 Å². The van der Waals surface area contributed by atoms with Gasteiger partial charge in [-0.1, -0.05) is 13.8 Å². The summed E-state index contributed by atoms with van der Waals surface area (Å²) in [6, 6.07) is 0.0106. The number of rotatable bonds is 4. The Hall–Kier alpha value is -1.26. The van der Waals surface area contributed by atoms with Gasteiger partial charge in [-0.3, -0.25) is 4.79 Å². The molecule has 0 radical (unpaired) electrons. The first-order chi connectivity index (χ1) is 8.88. The Morgan fingerprint density at radius 3 is 2.37 bits per heavy atom. The van der Waals surface area contributed by atoms with E-state index in [1.54, 1.807) is 0 Å². The second-order valence-corrected chi connectivity index (χ2v) is 6.60. The third-order valence-electron chi connectivity index (χ3n) is 4.58. The van der Waals surface area contributed by atoms with Crippen molar-refractivity contribution in [3.63, 3.8) is 0 Å². The lowest BCUT2D eigenvalue weighted by Crippen LogP contribution is -2.45. The van der Waals surface area contributed by atoms with Gasteiger partial charge >= 0.3 is 12.0 Å². The maximum Gasteiger partial charge on any atom is 0.317 e. The van der Waals surface area contributed by atoms with E-state index < -0.39 is 5.97 Å². The molecule has 1 unspecified atom stereocenters. The largest absolute Gasteiger partial charge is 0.481 e. The number of hydrogen-bond donors (Lipinski definition) is 2. The monoisotopic (exact) mass is 268 g/mol. The number of carboxylic acid groups (broad SMARTS) is 1. The van der Waals surface area contributed by atoms with E-state index in [0.29, 0.717) is 24.4 Å². The highest BCUT2D eigenvalue weighted by atomic mass is 16.4. The molecule has 0 spiro atoms. The van der Waals surface area contributed by atoms with Crippen LogP contribution in [0.15, 0.2) is 0 Å². The maximum absolute atomic E-state index is 12.0. The summed E-state index contributed by atoms with van der Waals surface area (Å²) in [6.07, 6.45) is 3.02. The molecule has 1 aliphatic carbocycles. The third-order valence-corrected chi connectivity index (χ3v) is 4.58. The molecule has 0 aromatic carbocycles. The van der Waals surface area contributed by atoms with Crippen LogP contribution in [0.5, 0.6) is 0 Å². The number of hydrogen-bond acceptors (Lipinski definition) is 2. The van der Waals surface area contributed by atoms with Crippen molar-refractivity contribution < 1.29 is 14.7 Å². The lowest BCUT2D eigenvalue weighted by molar-refractivity contribution is -0.138. The summed E-state index contributed by atoms with van der Waals surface area (Å²) in [5, 5.41) is 11.7. The first kappa shape index (κ1) is 14.2. The molecule has 1 aliphatic heterocycles. The third kappa shape index (κ3) is 3.85. The lowest BCUT2D eigenvalue weighted by Gasteiger charge is -2.31. The van der Waals surface area contributed by atoms with E-state index >= 15 is 0 Å². The van der Waals surface area contributed by atoms with E-state index in [4.69, 9.17) is 5.11 Å². The minimum atomic E-state index is -0.737. The van der Waals surface area contributed by atoms with Crippen molar-refractivity contribution in [3.8, 4) is 0 Å². The average molecular weight is 268 g/mol. The van der Waals surface area contributed by atoms with Crippen LogP contribution in [0.25, 0.3) is 0 Å². The van der Waals surface area contributed by atoms with Crippen LogP contribution in [0.3, 0.4) is 0 Å². The van der Waals surface area contributed by atoms with E-state index in [9.17, 15) is 9.59 Å². The summed E-state index contributed by atoms with van der Waals surface area (Å²) in [5.41, 5.74) is 0.391. The highest BCUT2D eigenvalue weighted by Crippen LogP contribution is 2.50. The van der Waals surface area contributed by atoms with Gasteiger partial charge in [0.05, 0.1) is 0 Å². The lowest BCUT2D eigenvalue weighted by atomic mass is 9.94. The van der Waals surface area contributed by atoms with E-state index in [-0.39, 0.29) is 18.4 Å². The van der Waals surface area contributed by atoms with Gasteiger partial charge in [0.2, 0.25) is 0 Å². The van der Waals surface area contributed by atoms with Gasteiger partial charge in [0.15, 0.2) is 0 Å². The Balaban J connectivity index is 1.66. The van der Waals surface area contributed by atoms with Crippen LogP contribution in [-0.4, -0.2) is 41.6 Å². The van der Waals surface area contributed by atoms with Crippen LogP contribution in [0.1, 0.15) is 39.5 Å². The van der Waals surface area contributed by atoms with E-state index in [1.165, 1.54) is 6.42 Å². The predicted molar refractivity (Wildman–Crippen MR) is 71.8 cm³/mol. The second kappa shape index (κ2) is 5.39. The van der Waals surface area contributed by atoms with Crippen molar-refractivity contribution >= 4 is 12.0 Å². The molecule has 108 valence electrons. The molecule has 0 bridgehead atoms. The van der Waals surface area contributed by atoms with Crippen LogP contribution >= 0.6 is 0 Å². The molecule has 5 heteroatoms. The Labute approximate surface area is 114 Å². The zero-order chi connectivity index (χ0) is 14.0. The fraction of sp³-hybridized carbons (Fsp3) is 0.857. The molecule has 1 saturated heterocycles. The van der Waals surface area contributed by atoms with Crippen LogP contribution in [-0.2, 0) is 4.79 Å². The molecule has 0 aromatic rings. The Morgan fingerprint density at radius 2 is 1.89 bits per heavy atom. The number of nitrogens with one attached hydrogen (secondary N) is 1. The highest BCUT2D eigenvalue weighted by Gasteiger charge is 2.45. The summed E-state index contributed by atoms with van der Waals surface area (Å²) < 4.78 is 0. The molecule has 2 fully saturated rings. The molecular weight excluding hydrogens is 244 g/mol. The first-order valence-corrected chi connectivity index (χ1v) is 7.13. The van der Waals surface area contributed by atoms with Gasteiger partial charge in [-0.15, -0.1) is 0 Å². The Bertz CT molecular complexity index is 360. The van der Waals surface area contributed by atoms with Crippen molar-refractivity contribution in [1.82, 2.24) is 10.2 Å². The molecule has 5 nitrogen and oxygen atoms in total. The number of likely N-dealkylation sites (tertiary alicyclic amines) is 1. The number of carbonyl (C=O) groups is 2. The standard InChI is InChI=1S/C14H24N2O3/c1-14(2)8-11(14)9-15-13(19)16-5-3-10(4-6-16)7-12(17)18/h10-11H,3-9H2,1-2H3,(H,15,19)(H,17,18). The van der Waals surface area contributed by atoms with Crippen LogP contribution in [0.4, 0.5) is 4.79 Å². The van der Waals surface area contributed by atoms with Gasteiger partial charge in [-0.2, -0.15) is 0 Å². The van der Waals surface area contributed by atoms with Gasteiger partial charge in [0.1, 0.15) is 0 Å². The normalized spacial score (nSPS) is 26.0. The number of piperidine rings is 1. The van der Waals surface area contributed by atoms with Gasteiger partial charge in [-0.05, 0) is 36.5 Å².